The molecule has 0 amide bonds. The van der Waals surface area contributed by atoms with Crippen LogP contribution in [0.25, 0.3) is 0 Å². The van der Waals surface area contributed by atoms with Gasteiger partial charge in [0.05, 0.1) is 6.20 Å². The van der Waals surface area contributed by atoms with E-state index in [0.717, 1.165) is 5.92 Å². The molecule has 2 heteroatoms. The summed E-state index contributed by atoms with van der Waals surface area (Å²) in [6.07, 6.45) is 4.47. The summed E-state index contributed by atoms with van der Waals surface area (Å²) in [5, 5.41) is 0. The molecule has 0 saturated carbocycles. The van der Waals surface area contributed by atoms with Gasteiger partial charge in [-0.25, -0.2) is 4.98 Å². The Morgan fingerprint density at radius 3 is 1.67 bits per heavy atom. The Morgan fingerprint density at radius 1 is 1.17 bits per heavy atom. The lowest BCUT2D eigenvalue weighted by molar-refractivity contribution is 0.558. The Labute approximate surface area is 77.0 Å². The third-order valence-corrected chi connectivity index (χ3v) is 0.347. The number of rotatable bonds is 0. The van der Waals surface area contributed by atoms with E-state index in [0.29, 0.717) is 0 Å². The van der Waals surface area contributed by atoms with Crippen LogP contribution in [0.2, 0.25) is 0 Å². The highest BCUT2D eigenvalue weighted by Gasteiger charge is 1.68. The zero-order valence-corrected chi connectivity index (χ0v) is 8.16. The van der Waals surface area contributed by atoms with Crippen LogP contribution in [0.1, 0.15) is 42.0 Å². The van der Waals surface area contributed by atoms with Crippen molar-refractivity contribution >= 4 is 0 Å². The number of hydrogen-bond donors (Lipinski definition) is 0. The fourth-order valence-corrected chi connectivity index (χ4v) is 0.176. The molecule has 0 aliphatic heterocycles. The fourth-order valence-electron chi connectivity index (χ4n) is 0.176. The first kappa shape index (κ1) is 17.3. The third-order valence-electron chi connectivity index (χ3n) is 0.347. The van der Waals surface area contributed by atoms with Crippen molar-refractivity contribution in [2.75, 3.05) is 0 Å². The van der Waals surface area contributed by atoms with Gasteiger partial charge in [-0.05, 0) is 5.92 Å². The summed E-state index contributed by atoms with van der Waals surface area (Å²) in [6, 6.07) is 0. The molecule has 0 spiro atoms. The first-order valence-corrected chi connectivity index (χ1v) is 4.05. The minimum absolute atomic E-state index is 0. The zero-order chi connectivity index (χ0) is 9.11. The van der Waals surface area contributed by atoms with Gasteiger partial charge in [0.1, 0.15) is 6.26 Å². The number of hydrogen-bond acceptors (Lipinski definition) is 2. The largest absolute Gasteiger partial charge is 0.452 e. The van der Waals surface area contributed by atoms with Crippen molar-refractivity contribution in [2.45, 2.75) is 42.0 Å². The summed E-state index contributed by atoms with van der Waals surface area (Å²) >= 11 is 0. The minimum atomic E-state index is 0. The van der Waals surface area contributed by atoms with Gasteiger partial charge in [0.25, 0.3) is 0 Å². The van der Waals surface area contributed by atoms with Gasteiger partial charge in [-0.15, -0.1) is 0 Å². The van der Waals surface area contributed by atoms with Crippen LogP contribution < -0.4 is 0 Å². The van der Waals surface area contributed by atoms with E-state index < -0.39 is 0 Å². The van der Waals surface area contributed by atoms with Gasteiger partial charge in [-0.1, -0.05) is 42.0 Å². The van der Waals surface area contributed by atoms with Gasteiger partial charge in [-0.2, -0.15) is 0 Å². The Kier molecular flexibility index (Phi) is 24.1. The molecule has 0 fully saturated rings. The van der Waals surface area contributed by atoms with Gasteiger partial charge >= 0.3 is 0 Å². The molecule has 12 heavy (non-hydrogen) atoms. The molecule has 0 saturated heterocycles. The van der Waals surface area contributed by atoms with Crippen LogP contribution in [-0.4, -0.2) is 4.98 Å². The molecule has 0 aromatic carbocycles. The summed E-state index contributed by atoms with van der Waals surface area (Å²) in [5.41, 5.74) is 0. The van der Waals surface area contributed by atoms with E-state index in [1.54, 1.807) is 6.20 Å². The Bertz CT molecular complexity index is 93.4. The van der Waals surface area contributed by atoms with Gasteiger partial charge in [-0.3, -0.25) is 0 Å². The van der Waals surface area contributed by atoms with Crippen molar-refractivity contribution in [2.24, 2.45) is 5.92 Å². The van der Waals surface area contributed by atoms with Crippen molar-refractivity contribution in [1.29, 1.82) is 0 Å². The molecule has 0 atom stereocenters. The fraction of sp³-hybridized carbons (Fsp3) is 0.700. The molecular weight excluding hydrogens is 150 g/mol. The van der Waals surface area contributed by atoms with Crippen LogP contribution in [0, 0.1) is 5.92 Å². The predicted octanol–water partition coefficient (Wildman–Crippen LogP) is 4.00. The molecule has 0 bridgehead atoms. The molecule has 1 aromatic heterocycles. The Hall–Kier alpha value is -0.790. The van der Waals surface area contributed by atoms with Crippen LogP contribution in [0.4, 0.5) is 0 Å². The summed E-state index contributed by atoms with van der Waals surface area (Å²) in [4.78, 5) is 3.56. The number of nitrogens with zero attached hydrogens (tertiary/aromatic N) is 1. The molecule has 0 N–H and O–H groups in total. The molecule has 1 heterocycles. The highest BCUT2D eigenvalue weighted by Crippen LogP contribution is 1.81. The average molecular weight is 173 g/mol. The van der Waals surface area contributed by atoms with Crippen molar-refractivity contribution in [1.82, 2.24) is 4.98 Å². The standard InChI is InChI=1S/C4H10.C3H3NO.C2H6.CH4/c1-4(2)3;1-2-5-3-4-1;1-2;/h4H,1-3H3;1-3H;1-2H3;1H4. The molecular formula is C10H23NO. The van der Waals surface area contributed by atoms with Crippen molar-refractivity contribution in [3.05, 3.63) is 18.9 Å². The van der Waals surface area contributed by atoms with E-state index in [9.17, 15) is 0 Å². The summed E-state index contributed by atoms with van der Waals surface area (Å²) in [5.74, 6) is 0.833. The maximum atomic E-state index is 4.47. The van der Waals surface area contributed by atoms with E-state index in [1.165, 1.54) is 12.7 Å². The van der Waals surface area contributed by atoms with Gasteiger partial charge in [0, 0.05) is 0 Å². The summed E-state index contributed by atoms with van der Waals surface area (Å²) in [7, 11) is 0. The Morgan fingerprint density at radius 2 is 1.58 bits per heavy atom. The molecule has 0 aliphatic rings. The topological polar surface area (TPSA) is 26.0 Å². The SMILES string of the molecule is C.CC.CC(C)C.c1cocn1. The van der Waals surface area contributed by atoms with Crippen molar-refractivity contribution in [3.63, 3.8) is 0 Å². The smallest absolute Gasteiger partial charge is 0.180 e. The molecule has 2 nitrogen and oxygen atoms in total. The van der Waals surface area contributed by atoms with E-state index in [4.69, 9.17) is 0 Å². The van der Waals surface area contributed by atoms with Crippen LogP contribution >= 0.6 is 0 Å². The number of oxazole rings is 1. The van der Waals surface area contributed by atoms with E-state index in [1.807, 2.05) is 13.8 Å². The van der Waals surface area contributed by atoms with Crippen molar-refractivity contribution in [3.8, 4) is 0 Å². The van der Waals surface area contributed by atoms with Gasteiger partial charge in [0.15, 0.2) is 6.39 Å². The molecule has 74 valence electrons. The normalized spacial score (nSPS) is 6.83. The highest BCUT2D eigenvalue weighted by atomic mass is 16.3. The first-order chi connectivity index (χ1) is 5.23. The van der Waals surface area contributed by atoms with E-state index >= 15 is 0 Å². The quantitative estimate of drug-likeness (QED) is 0.592. The van der Waals surface area contributed by atoms with E-state index in [-0.39, 0.29) is 7.43 Å². The molecule has 0 unspecified atom stereocenters. The first-order valence-electron chi connectivity index (χ1n) is 4.05. The van der Waals surface area contributed by atoms with Crippen LogP contribution in [0.3, 0.4) is 0 Å². The lowest BCUT2D eigenvalue weighted by Crippen LogP contribution is -1.66. The lowest BCUT2D eigenvalue weighted by atomic mass is 10.3. The van der Waals surface area contributed by atoms with Gasteiger partial charge in [0.2, 0.25) is 0 Å². The second-order valence-electron chi connectivity index (χ2n) is 2.41. The summed E-state index contributed by atoms with van der Waals surface area (Å²) < 4.78 is 4.47. The highest BCUT2D eigenvalue weighted by molar-refractivity contribution is 4.56. The number of aromatic nitrogens is 1. The summed E-state index contributed by atoms with van der Waals surface area (Å²) in [6.45, 7) is 10.5. The lowest BCUT2D eigenvalue weighted by Gasteiger charge is -1.79. The van der Waals surface area contributed by atoms with Crippen LogP contribution in [0.15, 0.2) is 23.3 Å². The minimum Gasteiger partial charge on any atom is -0.452 e. The second-order valence-corrected chi connectivity index (χ2v) is 2.41. The zero-order valence-electron chi connectivity index (χ0n) is 8.16. The molecule has 1 rings (SSSR count). The third kappa shape index (κ3) is 35.0. The van der Waals surface area contributed by atoms with Crippen LogP contribution in [0.5, 0.6) is 0 Å². The molecule has 1 aromatic rings. The molecule has 0 aliphatic carbocycles. The van der Waals surface area contributed by atoms with Crippen LogP contribution in [-0.2, 0) is 0 Å². The predicted molar refractivity (Wildman–Crippen MR) is 55.1 cm³/mol. The monoisotopic (exact) mass is 173 g/mol. The van der Waals surface area contributed by atoms with Gasteiger partial charge < -0.3 is 4.42 Å². The average Bonchev–Trinajstić information content (AvgIpc) is 2.44. The Balaban J connectivity index is -0.000000107. The maximum absolute atomic E-state index is 4.47. The second kappa shape index (κ2) is 16.7. The maximum Gasteiger partial charge on any atom is 0.180 e. The van der Waals surface area contributed by atoms with E-state index in [2.05, 4.69) is 30.2 Å². The molecule has 0 radical (unpaired) electrons. The van der Waals surface area contributed by atoms with Crippen molar-refractivity contribution < 1.29 is 4.42 Å².